The lowest BCUT2D eigenvalue weighted by Gasteiger charge is -2.06. The fourth-order valence-electron chi connectivity index (χ4n) is 0.952. The fourth-order valence-corrected chi connectivity index (χ4v) is 0.952. The fraction of sp³-hybridized carbons (Fsp3) is 0.286. The van der Waals surface area contributed by atoms with Crippen molar-refractivity contribution >= 4 is 30.8 Å². The number of nitrogen functional groups attached to an aromatic ring is 1. The van der Waals surface area contributed by atoms with E-state index >= 15 is 0 Å². The molecule has 1 heterocycles. The van der Waals surface area contributed by atoms with Gasteiger partial charge in [-0.05, 0) is 19.4 Å². The summed E-state index contributed by atoms with van der Waals surface area (Å²) < 4.78 is 0. The summed E-state index contributed by atoms with van der Waals surface area (Å²) in [5.41, 5.74) is 7.42. The van der Waals surface area contributed by atoms with E-state index in [1.165, 1.54) is 0 Å². The van der Waals surface area contributed by atoms with Crippen molar-refractivity contribution in [3.63, 3.8) is 0 Å². The highest BCUT2D eigenvalue weighted by molar-refractivity contribution is 6.60. The standard InChI is InChI=1S/C7H11BN2O2.ClH/c1-4-3-6(8(11)12)7(9)10-5(4)2;/h3,11-12H,1-2H3,(H2,9,10);1H. The van der Waals surface area contributed by atoms with Gasteiger partial charge in [-0.25, -0.2) is 4.98 Å². The Morgan fingerprint density at radius 3 is 2.38 bits per heavy atom. The third-order valence-electron chi connectivity index (χ3n) is 1.80. The smallest absolute Gasteiger partial charge is 0.423 e. The lowest BCUT2D eigenvalue weighted by atomic mass is 9.80. The Morgan fingerprint density at radius 1 is 1.38 bits per heavy atom. The summed E-state index contributed by atoms with van der Waals surface area (Å²) in [4.78, 5) is 3.95. The van der Waals surface area contributed by atoms with Crippen LogP contribution in [0.5, 0.6) is 0 Å². The summed E-state index contributed by atoms with van der Waals surface area (Å²) in [6, 6.07) is 1.63. The van der Waals surface area contributed by atoms with E-state index in [0.717, 1.165) is 11.3 Å². The SMILES string of the molecule is Cc1cc(B(O)O)c(N)nc1C.Cl. The molecule has 0 saturated heterocycles. The third kappa shape index (κ3) is 2.58. The summed E-state index contributed by atoms with van der Waals surface area (Å²) in [7, 11) is -1.54. The molecule has 6 heteroatoms. The first-order chi connectivity index (χ1) is 5.52. The first-order valence-electron chi connectivity index (χ1n) is 3.62. The molecule has 0 atom stereocenters. The second kappa shape index (κ2) is 4.46. The van der Waals surface area contributed by atoms with Crippen molar-refractivity contribution in [2.75, 3.05) is 5.73 Å². The summed E-state index contributed by atoms with van der Waals surface area (Å²) in [6.45, 7) is 3.66. The number of pyridine rings is 1. The Bertz CT molecular complexity index is 307. The monoisotopic (exact) mass is 202 g/mol. The molecule has 4 nitrogen and oxygen atoms in total. The maximum atomic E-state index is 8.86. The van der Waals surface area contributed by atoms with Gasteiger partial charge in [-0.3, -0.25) is 0 Å². The van der Waals surface area contributed by atoms with Crippen LogP contribution in [0.15, 0.2) is 6.07 Å². The number of halogens is 1. The Balaban J connectivity index is 0.00000144. The summed E-state index contributed by atoms with van der Waals surface area (Å²) >= 11 is 0. The van der Waals surface area contributed by atoms with Crippen molar-refractivity contribution in [3.05, 3.63) is 17.3 Å². The lowest BCUT2D eigenvalue weighted by molar-refractivity contribution is 0.426. The molecule has 72 valence electrons. The molecule has 1 rings (SSSR count). The van der Waals surface area contributed by atoms with Gasteiger partial charge in [-0.1, -0.05) is 6.07 Å². The van der Waals surface area contributed by atoms with Crippen LogP contribution in [0.2, 0.25) is 0 Å². The van der Waals surface area contributed by atoms with Crippen LogP contribution in [0.3, 0.4) is 0 Å². The van der Waals surface area contributed by atoms with Crippen LogP contribution in [-0.2, 0) is 0 Å². The quantitative estimate of drug-likeness (QED) is 0.531. The molecule has 0 bridgehead atoms. The van der Waals surface area contributed by atoms with Crippen molar-refractivity contribution < 1.29 is 10.0 Å². The van der Waals surface area contributed by atoms with Crippen molar-refractivity contribution in [3.8, 4) is 0 Å². The van der Waals surface area contributed by atoms with E-state index in [4.69, 9.17) is 15.8 Å². The minimum Gasteiger partial charge on any atom is -0.423 e. The number of nitrogens with zero attached hydrogens (tertiary/aromatic N) is 1. The topological polar surface area (TPSA) is 79.4 Å². The Morgan fingerprint density at radius 2 is 1.92 bits per heavy atom. The van der Waals surface area contributed by atoms with Gasteiger partial charge >= 0.3 is 7.12 Å². The first kappa shape index (κ1) is 12.2. The molecule has 0 aliphatic carbocycles. The van der Waals surface area contributed by atoms with Gasteiger partial charge in [0.05, 0.1) is 0 Å². The van der Waals surface area contributed by atoms with Crippen LogP contribution in [-0.4, -0.2) is 22.2 Å². The van der Waals surface area contributed by atoms with E-state index in [1.54, 1.807) is 6.07 Å². The Labute approximate surface area is 83.4 Å². The molecule has 0 fully saturated rings. The molecule has 4 N–H and O–H groups in total. The van der Waals surface area contributed by atoms with Crippen LogP contribution < -0.4 is 11.2 Å². The van der Waals surface area contributed by atoms with Gasteiger partial charge in [0.25, 0.3) is 0 Å². The zero-order valence-electron chi connectivity index (χ0n) is 7.48. The van der Waals surface area contributed by atoms with Gasteiger partial charge in [-0.2, -0.15) is 0 Å². The predicted octanol–water partition coefficient (Wildman–Crippen LogP) is -0.618. The molecule has 0 radical (unpaired) electrons. The minimum atomic E-state index is -1.54. The highest BCUT2D eigenvalue weighted by Crippen LogP contribution is 2.04. The predicted molar refractivity (Wildman–Crippen MR) is 55.2 cm³/mol. The molecule has 0 unspecified atom stereocenters. The number of rotatable bonds is 1. The largest absolute Gasteiger partial charge is 0.492 e. The van der Waals surface area contributed by atoms with Crippen LogP contribution >= 0.6 is 12.4 Å². The van der Waals surface area contributed by atoms with E-state index in [-0.39, 0.29) is 23.7 Å². The highest BCUT2D eigenvalue weighted by atomic mass is 35.5. The van der Waals surface area contributed by atoms with Crippen LogP contribution in [0.25, 0.3) is 0 Å². The molecule has 1 aromatic heterocycles. The molecule has 1 aromatic rings. The molecule has 0 saturated carbocycles. The zero-order valence-corrected chi connectivity index (χ0v) is 8.30. The van der Waals surface area contributed by atoms with Gasteiger partial charge < -0.3 is 15.8 Å². The van der Waals surface area contributed by atoms with Crippen LogP contribution in [0.1, 0.15) is 11.3 Å². The molecule has 0 aliphatic heterocycles. The van der Waals surface area contributed by atoms with E-state index < -0.39 is 7.12 Å². The minimum absolute atomic E-state index is 0. The van der Waals surface area contributed by atoms with Gasteiger partial charge in [0.2, 0.25) is 0 Å². The molecule has 0 amide bonds. The van der Waals surface area contributed by atoms with Crippen LogP contribution in [0.4, 0.5) is 5.82 Å². The second-order valence-corrected chi connectivity index (χ2v) is 2.74. The number of anilines is 1. The Kier molecular flexibility index (Phi) is 4.19. The second-order valence-electron chi connectivity index (χ2n) is 2.74. The maximum Gasteiger partial charge on any atom is 0.492 e. The molecular formula is C7H12BClN2O2. The van der Waals surface area contributed by atoms with E-state index in [9.17, 15) is 0 Å². The van der Waals surface area contributed by atoms with Gasteiger partial charge in [-0.15, -0.1) is 12.4 Å². The normalized spacial score (nSPS) is 9.23. The van der Waals surface area contributed by atoms with Crippen molar-refractivity contribution in [1.82, 2.24) is 4.98 Å². The average molecular weight is 202 g/mol. The summed E-state index contributed by atoms with van der Waals surface area (Å²) in [5, 5.41) is 17.7. The van der Waals surface area contributed by atoms with E-state index in [2.05, 4.69) is 4.98 Å². The number of aryl methyl sites for hydroxylation is 2. The summed E-state index contributed by atoms with van der Waals surface area (Å²) in [5.74, 6) is 0.174. The molecule has 0 aliphatic rings. The third-order valence-corrected chi connectivity index (χ3v) is 1.80. The van der Waals surface area contributed by atoms with Crippen molar-refractivity contribution in [1.29, 1.82) is 0 Å². The number of hydrogen-bond acceptors (Lipinski definition) is 4. The first-order valence-corrected chi connectivity index (χ1v) is 3.62. The molecular weight excluding hydrogens is 190 g/mol. The van der Waals surface area contributed by atoms with Gasteiger partial charge in [0.15, 0.2) is 0 Å². The van der Waals surface area contributed by atoms with E-state index in [0.29, 0.717) is 0 Å². The molecule has 0 aromatic carbocycles. The van der Waals surface area contributed by atoms with Gasteiger partial charge in [0, 0.05) is 11.2 Å². The maximum absolute atomic E-state index is 8.86. The number of nitrogens with two attached hydrogens (primary N) is 1. The van der Waals surface area contributed by atoms with Crippen LogP contribution in [0, 0.1) is 13.8 Å². The van der Waals surface area contributed by atoms with E-state index in [1.807, 2.05) is 13.8 Å². The summed E-state index contributed by atoms with van der Waals surface area (Å²) in [6.07, 6.45) is 0. The molecule has 13 heavy (non-hydrogen) atoms. The Hall–Kier alpha value is -0.775. The zero-order chi connectivity index (χ0) is 9.30. The highest BCUT2D eigenvalue weighted by Gasteiger charge is 2.16. The van der Waals surface area contributed by atoms with Crippen molar-refractivity contribution in [2.45, 2.75) is 13.8 Å². The number of hydrogen-bond donors (Lipinski definition) is 3. The van der Waals surface area contributed by atoms with Crippen molar-refractivity contribution in [2.24, 2.45) is 0 Å². The average Bonchev–Trinajstić information content (AvgIpc) is 1.96. The lowest BCUT2D eigenvalue weighted by Crippen LogP contribution is -2.33. The van der Waals surface area contributed by atoms with Gasteiger partial charge in [0.1, 0.15) is 5.82 Å². The molecule has 0 spiro atoms. The number of aromatic nitrogens is 1.